The Labute approximate surface area is 126 Å². The molecule has 2 aromatic rings. The highest BCUT2D eigenvalue weighted by Gasteiger charge is 2.36. The molecule has 4 nitrogen and oxygen atoms in total. The van der Waals surface area contributed by atoms with E-state index in [0.29, 0.717) is 28.5 Å². The van der Waals surface area contributed by atoms with Gasteiger partial charge in [0.2, 0.25) is 9.84 Å². The highest BCUT2D eigenvalue weighted by Crippen LogP contribution is 2.43. The monoisotopic (exact) mass is 328 g/mol. The van der Waals surface area contributed by atoms with Gasteiger partial charge < -0.3 is 0 Å². The number of fused-ring (bicyclic) bond motifs is 1. The van der Waals surface area contributed by atoms with Gasteiger partial charge in [0.1, 0.15) is 0 Å². The van der Waals surface area contributed by atoms with Crippen LogP contribution >= 0.6 is 23.2 Å². The minimum Gasteiger partial charge on any atom is -0.260 e. The molecule has 0 radical (unpaired) electrons. The summed E-state index contributed by atoms with van der Waals surface area (Å²) in [5.74, 6) is 0. The molecule has 104 valence electrons. The highest BCUT2D eigenvalue weighted by atomic mass is 35.5. The lowest BCUT2D eigenvalue weighted by molar-refractivity contribution is 0.576. The van der Waals surface area contributed by atoms with Crippen molar-refractivity contribution in [1.82, 2.24) is 9.97 Å². The number of aromatic nitrogens is 2. The van der Waals surface area contributed by atoms with Crippen LogP contribution in [0.15, 0.2) is 35.7 Å². The van der Waals surface area contributed by atoms with Crippen LogP contribution in [0.3, 0.4) is 0 Å². The van der Waals surface area contributed by atoms with Gasteiger partial charge in [-0.1, -0.05) is 23.2 Å². The van der Waals surface area contributed by atoms with Gasteiger partial charge in [0.25, 0.3) is 0 Å². The summed E-state index contributed by atoms with van der Waals surface area (Å²) in [4.78, 5) is 7.72. The molecule has 0 bridgehead atoms. The molecule has 0 saturated heterocycles. The average Bonchev–Trinajstić information content (AvgIpc) is 2.84. The van der Waals surface area contributed by atoms with Crippen molar-refractivity contribution in [2.75, 3.05) is 0 Å². The fourth-order valence-corrected chi connectivity index (χ4v) is 4.79. The van der Waals surface area contributed by atoms with Gasteiger partial charge in [-0.2, -0.15) is 0 Å². The molecular weight excluding hydrogens is 319 g/mol. The second-order valence-corrected chi connectivity index (χ2v) is 7.49. The summed E-state index contributed by atoms with van der Waals surface area (Å²) in [5.41, 5.74) is 1.53. The predicted octanol–water partition coefficient (Wildman–Crippen LogP) is 3.24. The van der Waals surface area contributed by atoms with Crippen molar-refractivity contribution in [3.63, 3.8) is 0 Å². The predicted molar refractivity (Wildman–Crippen MR) is 76.7 cm³/mol. The van der Waals surface area contributed by atoms with E-state index in [4.69, 9.17) is 23.2 Å². The van der Waals surface area contributed by atoms with E-state index in [9.17, 15) is 8.42 Å². The second kappa shape index (κ2) is 4.98. The summed E-state index contributed by atoms with van der Waals surface area (Å²) < 4.78 is 25.3. The Balaban J connectivity index is 2.12. The molecule has 0 saturated carbocycles. The maximum Gasteiger partial charge on any atom is 0.204 e. The molecule has 1 unspecified atom stereocenters. The van der Waals surface area contributed by atoms with E-state index in [1.54, 1.807) is 12.1 Å². The van der Waals surface area contributed by atoms with Gasteiger partial charge in [-0.3, -0.25) is 4.98 Å². The smallest absolute Gasteiger partial charge is 0.204 e. The molecule has 7 heteroatoms. The van der Waals surface area contributed by atoms with Gasteiger partial charge in [0.05, 0.1) is 11.4 Å². The average molecular weight is 329 g/mol. The van der Waals surface area contributed by atoms with E-state index in [1.165, 1.54) is 18.6 Å². The van der Waals surface area contributed by atoms with Crippen LogP contribution in [-0.2, 0) is 16.3 Å². The van der Waals surface area contributed by atoms with Crippen molar-refractivity contribution in [2.45, 2.75) is 23.1 Å². The Bertz CT molecular complexity index is 763. The maximum atomic E-state index is 12.6. The molecule has 0 fully saturated rings. The fourth-order valence-electron chi connectivity index (χ4n) is 2.51. The van der Waals surface area contributed by atoms with Crippen LogP contribution in [0.2, 0.25) is 10.0 Å². The molecule has 20 heavy (non-hydrogen) atoms. The van der Waals surface area contributed by atoms with Crippen molar-refractivity contribution in [1.29, 1.82) is 0 Å². The summed E-state index contributed by atoms with van der Waals surface area (Å²) in [6.07, 6.45) is 5.17. The van der Waals surface area contributed by atoms with Crippen LogP contribution in [0, 0.1) is 0 Å². The molecule has 1 aliphatic carbocycles. The molecule has 0 aliphatic heterocycles. The number of hydrogen-bond donors (Lipinski definition) is 0. The summed E-state index contributed by atoms with van der Waals surface area (Å²) in [6.45, 7) is 0. The van der Waals surface area contributed by atoms with E-state index < -0.39 is 15.1 Å². The van der Waals surface area contributed by atoms with Crippen molar-refractivity contribution in [3.8, 4) is 0 Å². The molecule has 1 aromatic heterocycles. The van der Waals surface area contributed by atoms with Crippen LogP contribution in [0.4, 0.5) is 0 Å². The number of halogens is 2. The number of rotatable bonds is 2. The first kappa shape index (κ1) is 13.8. The number of nitrogens with zero attached hydrogens (tertiary/aromatic N) is 2. The van der Waals surface area contributed by atoms with Gasteiger partial charge in [-0.25, -0.2) is 13.4 Å². The molecule has 0 amide bonds. The molecule has 3 rings (SSSR count). The van der Waals surface area contributed by atoms with Gasteiger partial charge >= 0.3 is 0 Å². The summed E-state index contributed by atoms with van der Waals surface area (Å²) in [7, 11) is -3.58. The van der Waals surface area contributed by atoms with Crippen molar-refractivity contribution < 1.29 is 8.42 Å². The number of sulfone groups is 1. The minimum absolute atomic E-state index is 0.0195. The maximum absolute atomic E-state index is 12.6. The fraction of sp³-hybridized carbons (Fsp3) is 0.231. The third kappa shape index (κ3) is 2.20. The normalized spacial score (nSPS) is 18.0. The van der Waals surface area contributed by atoms with Crippen molar-refractivity contribution in [2.24, 2.45) is 0 Å². The van der Waals surface area contributed by atoms with E-state index in [2.05, 4.69) is 9.97 Å². The van der Waals surface area contributed by atoms with Crippen LogP contribution in [-0.4, -0.2) is 18.4 Å². The Morgan fingerprint density at radius 3 is 2.70 bits per heavy atom. The Morgan fingerprint density at radius 2 is 2.00 bits per heavy atom. The van der Waals surface area contributed by atoms with Gasteiger partial charge in [0.15, 0.2) is 5.03 Å². The zero-order chi connectivity index (χ0) is 14.3. The van der Waals surface area contributed by atoms with Crippen molar-refractivity contribution in [3.05, 3.63) is 51.9 Å². The van der Waals surface area contributed by atoms with Crippen molar-refractivity contribution >= 4 is 33.0 Å². The third-order valence-electron chi connectivity index (χ3n) is 3.40. The number of hydrogen-bond acceptors (Lipinski definition) is 4. The number of benzene rings is 1. The van der Waals surface area contributed by atoms with Crippen LogP contribution in [0.5, 0.6) is 0 Å². The molecule has 1 heterocycles. The van der Waals surface area contributed by atoms with E-state index in [-0.39, 0.29) is 5.03 Å². The van der Waals surface area contributed by atoms with Gasteiger partial charge in [0, 0.05) is 22.4 Å². The van der Waals surface area contributed by atoms with Crippen LogP contribution in [0.1, 0.15) is 22.8 Å². The molecule has 1 aromatic carbocycles. The minimum atomic E-state index is -3.58. The first-order valence-corrected chi connectivity index (χ1v) is 8.28. The molecule has 0 N–H and O–H groups in total. The quantitative estimate of drug-likeness (QED) is 0.849. The van der Waals surface area contributed by atoms with E-state index in [0.717, 1.165) is 5.56 Å². The molecule has 1 aliphatic rings. The highest BCUT2D eigenvalue weighted by molar-refractivity contribution is 7.91. The second-order valence-electron chi connectivity index (χ2n) is 4.57. The zero-order valence-corrected chi connectivity index (χ0v) is 12.6. The first-order chi connectivity index (χ1) is 9.50. The summed E-state index contributed by atoms with van der Waals surface area (Å²) >= 11 is 12.1. The topological polar surface area (TPSA) is 59.9 Å². The molecule has 1 atom stereocenters. The van der Waals surface area contributed by atoms with Gasteiger partial charge in [-0.05, 0) is 36.1 Å². The van der Waals surface area contributed by atoms with Gasteiger partial charge in [-0.15, -0.1) is 0 Å². The SMILES string of the molecule is O=S(=O)(c1cnccn1)C1CCc2c(Cl)cc(Cl)cc21. The lowest BCUT2D eigenvalue weighted by Gasteiger charge is -2.12. The van der Waals surface area contributed by atoms with Crippen LogP contribution < -0.4 is 0 Å². The lowest BCUT2D eigenvalue weighted by Crippen LogP contribution is -2.13. The molecule has 0 spiro atoms. The lowest BCUT2D eigenvalue weighted by atomic mass is 10.1. The summed E-state index contributed by atoms with van der Waals surface area (Å²) in [6, 6.07) is 3.31. The van der Waals surface area contributed by atoms with E-state index in [1.807, 2.05) is 0 Å². The van der Waals surface area contributed by atoms with Crippen LogP contribution in [0.25, 0.3) is 0 Å². The Kier molecular flexibility index (Phi) is 3.44. The standard InChI is InChI=1S/C13H10Cl2N2O2S/c14-8-5-10-9(11(15)6-8)1-2-12(10)20(18,19)13-7-16-3-4-17-13/h3-7,12H,1-2H2. The zero-order valence-electron chi connectivity index (χ0n) is 10.3. The first-order valence-electron chi connectivity index (χ1n) is 5.98. The third-order valence-corrected chi connectivity index (χ3v) is 5.99. The van der Waals surface area contributed by atoms with E-state index >= 15 is 0 Å². The molecular formula is C13H10Cl2N2O2S. The largest absolute Gasteiger partial charge is 0.260 e. The Morgan fingerprint density at radius 1 is 1.20 bits per heavy atom. The summed E-state index contributed by atoms with van der Waals surface area (Å²) in [5, 5.41) is 0.277. The Hall–Kier alpha value is -1.17.